The normalized spacial score (nSPS) is 26.0. The van der Waals surface area contributed by atoms with Crippen molar-refractivity contribution in [2.75, 3.05) is 0 Å². The predicted octanol–water partition coefficient (Wildman–Crippen LogP) is 6.47. The topological polar surface area (TPSA) is 0 Å². The molecule has 0 bridgehead atoms. The Labute approximate surface area is 146 Å². The standard InChI is InChI=1S/C21H21I/c1-21(2)19-12-15(14-6-4-3-5-7-14)8-10-17(19)18-11-9-16(22)13-20(18)21/h3-7,9,11-12,20H,8,10,13H2,1-2H3. The molecule has 0 spiro atoms. The highest BCUT2D eigenvalue weighted by atomic mass is 127. The first-order chi connectivity index (χ1) is 10.6. The van der Waals surface area contributed by atoms with Gasteiger partial charge in [-0.15, -0.1) is 0 Å². The van der Waals surface area contributed by atoms with Gasteiger partial charge in [-0.2, -0.15) is 0 Å². The van der Waals surface area contributed by atoms with Crippen LogP contribution in [0.2, 0.25) is 0 Å². The summed E-state index contributed by atoms with van der Waals surface area (Å²) in [6, 6.07) is 10.9. The van der Waals surface area contributed by atoms with Gasteiger partial charge in [0.1, 0.15) is 0 Å². The lowest BCUT2D eigenvalue weighted by Crippen LogP contribution is -2.23. The SMILES string of the molecule is CC1(C)C2=C(CCC(c3ccccc3)=C2)C2=CC=C(I)CC21. The van der Waals surface area contributed by atoms with E-state index >= 15 is 0 Å². The van der Waals surface area contributed by atoms with Gasteiger partial charge in [0, 0.05) is 0 Å². The molecule has 0 aromatic heterocycles. The van der Waals surface area contributed by atoms with Gasteiger partial charge >= 0.3 is 0 Å². The molecule has 1 aromatic carbocycles. The van der Waals surface area contributed by atoms with Crippen LogP contribution >= 0.6 is 22.6 Å². The fraction of sp³-hybridized carbons (Fsp3) is 0.333. The highest BCUT2D eigenvalue weighted by molar-refractivity contribution is 14.1. The Hall–Kier alpha value is -1.09. The predicted molar refractivity (Wildman–Crippen MR) is 103 cm³/mol. The molecule has 1 heteroatoms. The molecule has 0 N–H and O–H groups in total. The first-order valence-electron chi connectivity index (χ1n) is 8.13. The molecular formula is C21H21I. The lowest BCUT2D eigenvalue weighted by atomic mass is 9.73. The van der Waals surface area contributed by atoms with Crippen molar-refractivity contribution in [2.24, 2.45) is 11.3 Å². The van der Waals surface area contributed by atoms with Crippen molar-refractivity contribution in [2.45, 2.75) is 33.1 Å². The second-order valence-corrected chi connectivity index (χ2v) is 8.53. The van der Waals surface area contributed by atoms with Crippen LogP contribution in [-0.4, -0.2) is 0 Å². The van der Waals surface area contributed by atoms with Crippen LogP contribution in [0.1, 0.15) is 38.7 Å². The Morgan fingerprint density at radius 2 is 1.82 bits per heavy atom. The fourth-order valence-corrected chi connectivity index (χ4v) is 4.91. The van der Waals surface area contributed by atoms with E-state index in [1.165, 1.54) is 34.0 Å². The minimum Gasteiger partial charge on any atom is -0.0622 e. The number of hydrogen-bond donors (Lipinski definition) is 0. The summed E-state index contributed by atoms with van der Waals surface area (Å²) in [7, 11) is 0. The summed E-state index contributed by atoms with van der Waals surface area (Å²) in [4.78, 5) is 0. The van der Waals surface area contributed by atoms with Gasteiger partial charge in [-0.05, 0) is 84.6 Å². The summed E-state index contributed by atoms with van der Waals surface area (Å²) < 4.78 is 1.49. The first-order valence-corrected chi connectivity index (χ1v) is 9.21. The van der Waals surface area contributed by atoms with Gasteiger partial charge in [-0.3, -0.25) is 0 Å². The van der Waals surface area contributed by atoms with Gasteiger partial charge < -0.3 is 0 Å². The molecule has 0 fully saturated rings. The molecule has 3 aliphatic rings. The second-order valence-electron chi connectivity index (χ2n) is 7.14. The molecule has 0 saturated heterocycles. The smallest absolute Gasteiger partial charge is 0.00223 e. The van der Waals surface area contributed by atoms with E-state index in [2.05, 4.69) is 85.0 Å². The third-order valence-corrected chi connectivity index (χ3v) is 6.36. The van der Waals surface area contributed by atoms with Crippen molar-refractivity contribution in [1.82, 2.24) is 0 Å². The Morgan fingerprint density at radius 1 is 1.05 bits per heavy atom. The van der Waals surface area contributed by atoms with E-state index in [0.717, 1.165) is 0 Å². The number of rotatable bonds is 1. The van der Waals surface area contributed by atoms with Crippen molar-refractivity contribution < 1.29 is 0 Å². The van der Waals surface area contributed by atoms with Crippen LogP contribution < -0.4 is 0 Å². The van der Waals surface area contributed by atoms with Crippen LogP contribution in [0.15, 0.2) is 68.9 Å². The Bertz CT molecular complexity index is 741. The lowest BCUT2D eigenvalue weighted by Gasteiger charge is -2.32. The number of fused-ring (bicyclic) bond motifs is 2. The first kappa shape index (κ1) is 14.5. The van der Waals surface area contributed by atoms with Gasteiger partial charge in [0.05, 0.1) is 0 Å². The van der Waals surface area contributed by atoms with Crippen LogP contribution in [0.3, 0.4) is 0 Å². The Morgan fingerprint density at radius 3 is 2.59 bits per heavy atom. The maximum atomic E-state index is 2.50. The molecule has 1 atom stereocenters. The minimum absolute atomic E-state index is 0.256. The molecule has 3 aliphatic carbocycles. The maximum absolute atomic E-state index is 2.50. The average molecular weight is 400 g/mol. The summed E-state index contributed by atoms with van der Waals surface area (Å²) in [5, 5.41) is 0. The monoisotopic (exact) mass is 400 g/mol. The minimum atomic E-state index is 0.256. The summed E-state index contributed by atoms with van der Waals surface area (Å²) in [5.74, 6) is 0.667. The molecule has 1 unspecified atom stereocenters. The van der Waals surface area contributed by atoms with E-state index in [1.807, 2.05) is 0 Å². The van der Waals surface area contributed by atoms with Crippen LogP contribution in [-0.2, 0) is 0 Å². The van der Waals surface area contributed by atoms with Gasteiger partial charge in [0.15, 0.2) is 0 Å². The van der Waals surface area contributed by atoms with Gasteiger partial charge in [0.25, 0.3) is 0 Å². The maximum Gasteiger partial charge on any atom is -0.00223 e. The molecule has 4 rings (SSSR count). The zero-order valence-electron chi connectivity index (χ0n) is 13.2. The number of allylic oxidation sites excluding steroid dienone is 8. The van der Waals surface area contributed by atoms with Gasteiger partial charge in [0.2, 0.25) is 0 Å². The summed E-state index contributed by atoms with van der Waals surface area (Å²) in [5.41, 5.74) is 7.99. The van der Waals surface area contributed by atoms with E-state index < -0.39 is 0 Å². The fourth-order valence-electron chi connectivity index (χ4n) is 4.29. The molecule has 22 heavy (non-hydrogen) atoms. The van der Waals surface area contributed by atoms with Crippen molar-refractivity contribution in [3.8, 4) is 0 Å². The van der Waals surface area contributed by atoms with Crippen molar-refractivity contribution in [3.05, 3.63) is 74.4 Å². The molecular weight excluding hydrogens is 379 g/mol. The third kappa shape index (κ3) is 2.17. The quantitative estimate of drug-likeness (QED) is 0.475. The molecule has 112 valence electrons. The number of hydrogen-bond acceptors (Lipinski definition) is 0. The molecule has 0 amide bonds. The van der Waals surface area contributed by atoms with E-state index in [0.29, 0.717) is 5.92 Å². The second kappa shape index (κ2) is 5.23. The van der Waals surface area contributed by atoms with Crippen molar-refractivity contribution >= 4 is 28.2 Å². The van der Waals surface area contributed by atoms with Crippen molar-refractivity contribution in [3.63, 3.8) is 0 Å². The summed E-state index contributed by atoms with van der Waals surface area (Å²) in [6.45, 7) is 4.88. The van der Waals surface area contributed by atoms with E-state index in [1.54, 1.807) is 16.7 Å². The van der Waals surface area contributed by atoms with E-state index in [9.17, 15) is 0 Å². The van der Waals surface area contributed by atoms with Gasteiger partial charge in [-0.25, -0.2) is 0 Å². The molecule has 0 nitrogen and oxygen atoms in total. The van der Waals surface area contributed by atoms with Crippen LogP contribution in [0.25, 0.3) is 5.57 Å². The van der Waals surface area contributed by atoms with Gasteiger partial charge in [-0.1, -0.05) is 62.4 Å². The lowest BCUT2D eigenvalue weighted by molar-refractivity contribution is 0.335. The number of benzene rings is 1. The number of halogens is 1. The average Bonchev–Trinajstić information content (AvgIpc) is 2.76. The summed E-state index contributed by atoms with van der Waals surface area (Å²) in [6.07, 6.45) is 10.8. The van der Waals surface area contributed by atoms with E-state index in [-0.39, 0.29) is 5.41 Å². The third-order valence-electron chi connectivity index (χ3n) is 5.56. The van der Waals surface area contributed by atoms with Crippen molar-refractivity contribution in [1.29, 1.82) is 0 Å². The van der Waals surface area contributed by atoms with Crippen LogP contribution in [0.4, 0.5) is 0 Å². The molecule has 0 aliphatic heterocycles. The highest BCUT2D eigenvalue weighted by Crippen LogP contribution is 2.58. The van der Waals surface area contributed by atoms with Crippen LogP contribution in [0, 0.1) is 11.3 Å². The highest BCUT2D eigenvalue weighted by Gasteiger charge is 2.45. The zero-order valence-corrected chi connectivity index (χ0v) is 15.4. The summed E-state index contributed by atoms with van der Waals surface area (Å²) >= 11 is 2.50. The molecule has 0 saturated carbocycles. The molecule has 0 radical (unpaired) electrons. The van der Waals surface area contributed by atoms with Crippen LogP contribution in [0.5, 0.6) is 0 Å². The molecule has 0 heterocycles. The Balaban J connectivity index is 1.81. The molecule has 1 aromatic rings. The zero-order chi connectivity index (χ0) is 15.3. The largest absolute Gasteiger partial charge is 0.0622 e. The van der Waals surface area contributed by atoms with E-state index in [4.69, 9.17) is 0 Å². The Kier molecular flexibility index (Phi) is 3.44.